The van der Waals surface area contributed by atoms with Gasteiger partial charge in [-0.05, 0) is 12.8 Å². The van der Waals surface area contributed by atoms with Crippen molar-refractivity contribution < 1.29 is 14.5 Å². The van der Waals surface area contributed by atoms with Crippen LogP contribution in [0.4, 0.5) is 0 Å². The number of hydrogen-bond acceptors (Lipinski definition) is 5. The first-order valence-corrected chi connectivity index (χ1v) is 5.31. The van der Waals surface area contributed by atoms with Crippen molar-refractivity contribution in [3.63, 3.8) is 0 Å². The SMILES string of the molecule is Cc1nonc1CN1C[C@@H](C)[C@H](C(=O)O)C1. The lowest BCUT2D eigenvalue weighted by atomic mass is 9.99. The van der Waals surface area contributed by atoms with Gasteiger partial charge in [0.25, 0.3) is 0 Å². The molecule has 0 saturated carbocycles. The van der Waals surface area contributed by atoms with Crippen LogP contribution in [0.5, 0.6) is 0 Å². The monoisotopic (exact) mass is 225 g/mol. The van der Waals surface area contributed by atoms with Gasteiger partial charge in [0, 0.05) is 19.6 Å². The Labute approximate surface area is 93.2 Å². The minimum Gasteiger partial charge on any atom is -0.481 e. The maximum Gasteiger partial charge on any atom is 0.308 e. The first kappa shape index (κ1) is 11.1. The van der Waals surface area contributed by atoms with Gasteiger partial charge in [-0.25, -0.2) is 4.63 Å². The molecule has 2 atom stereocenters. The number of carboxylic acid groups (broad SMARTS) is 1. The summed E-state index contributed by atoms with van der Waals surface area (Å²) in [6, 6.07) is 0. The number of aromatic nitrogens is 2. The molecule has 0 radical (unpaired) electrons. The molecule has 0 unspecified atom stereocenters. The van der Waals surface area contributed by atoms with Crippen molar-refractivity contribution in [2.75, 3.05) is 13.1 Å². The number of carboxylic acids is 1. The van der Waals surface area contributed by atoms with E-state index in [-0.39, 0.29) is 11.8 Å². The van der Waals surface area contributed by atoms with Crippen molar-refractivity contribution in [2.24, 2.45) is 11.8 Å². The molecule has 1 aromatic heterocycles. The fourth-order valence-electron chi connectivity index (χ4n) is 2.12. The third-order valence-electron chi connectivity index (χ3n) is 3.12. The number of carbonyl (C=O) groups is 1. The summed E-state index contributed by atoms with van der Waals surface area (Å²) in [4.78, 5) is 13.0. The third kappa shape index (κ3) is 2.06. The molecule has 1 saturated heterocycles. The molecule has 1 aromatic rings. The van der Waals surface area contributed by atoms with Gasteiger partial charge in [-0.1, -0.05) is 17.2 Å². The predicted octanol–water partition coefficient (Wildman–Crippen LogP) is 0.531. The summed E-state index contributed by atoms with van der Waals surface area (Å²) < 4.78 is 4.61. The van der Waals surface area contributed by atoms with Crippen LogP contribution in [0.15, 0.2) is 4.63 Å². The van der Waals surface area contributed by atoms with Crippen LogP contribution in [-0.2, 0) is 11.3 Å². The van der Waals surface area contributed by atoms with Gasteiger partial charge in [0.1, 0.15) is 11.4 Å². The van der Waals surface area contributed by atoms with Crippen molar-refractivity contribution >= 4 is 5.97 Å². The summed E-state index contributed by atoms with van der Waals surface area (Å²) in [5, 5.41) is 16.5. The summed E-state index contributed by atoms with van der Waals surface area (Å²) in [5.41, 5.74) is 1.56. The van der Waals surface area contributed by atoms with Gasteiger partial charge in [-0.2, -0.15) is 0 Å². The smallest absolute Gasteiger partial charge is 0.308 e. The topological polar surface area (TPSA) is 79.5 Å². The average Bonchev–Trinajstić information content (AvgIpc) is 2.75. The Morgan fingerprint density at radius 2 is 2.31 bits per heavy atom. The molecule has 1 aliphatic heterocycles. The molecule has 0 spiro atoms. The molecule has 1 aliphatic rings. The minimum atomic E-state index is -0.718. The molecule has 0 bridgehead atoms. The van der Waals surface area contributed by atoms with E-state index >= 15 is 0 Å². The van der Waals surface area contributed by atoms with Crippen LogP contribution in [0, 0.1) is 18.8 Å². The van der Waals surface area contributed by atoms with Gasteiger partial charge in [0.15, 0.2) is 0 Å². The van der Waals surface area contributed by atoms with Crippen LogP contribution in [0.2, 0.25) is 0 Å². The molecule has 6 nitrogen and oxygen atoms in total. The molecule has 0 amide bonds. The average molecular weight is 225 g/mol. The number of hydrogen-bond donors (Lipinski definition) is 1. The van der Waals surface area contributed by atoms with Gasteiger partial charge in [0.2, 0.25) is 0 Å². The van der Waals surface area contributed by atoms with Crippen molar-refractivity contribution in [3.8, 4) is 0 Å². The van der Waals surface area contributed by atoms with Gasteiger partial charge in [0.05, 0.1) is 5.92 Å². The fraction of sp³-hybridized carbons (Fsp3) is 0.700. The molecular weight excluding hydrogens is 210 g/mol. The van der Waals surface area contributed by atoms with Gasteiger partial charge < -0.3 is 5.11 Å². The maximum atomic E-state index is 11.0. The highest BCUT2D eigenvalue weighted by molar-refractivity contribution is 5.71. The second-order valence-electron chi connectivity index (χ2n) is 4.41. The second-order valence-corrected chi connectivity index (χ2v) is 4.41. The largest absolute Gasteiger partial charge is 0.481 e. The molecule has 6 heteroatoms. The van der Waals surface area contributed by atoms with Crippen LogP contribution in [0.3, 0.4) is 0 Å². The van der Waals surface area contributed by atoms with E-state index in [9.17, 15) is 4.79 Å². The fourth-order valence-corrected chi connectivity index (χ4v) is 2.12. The zero-order chi connectivity index (χ0) is 11.7. The summed E-state index contributed by atoms with van der Waals surface area (Å²) in [7, 11) is 0. The molecule has 2 rings (SSSR count). The van der Waals surface area contributed by atoms with E-state index in [1.54, 1.807) is 0 Å². The Bertz CT molecular complexity index is 390. The van der Waals surface area contributed by atoms with Gasteiger partial charge in [-0.3, -0.25) is 9.69 Å². The van der Waals surface area contributed by atoms with E-state index < -0.39 is 5.97 Å². The normalized spacial score (nSPS) is 26.1. The lowest BCUT2D eigenvalue weighted by molar-refractivity contribution is -0.142. The zero-order valence-electron chi connectivity index (χ0n) is 9.38. The Hall–Kier alpha value is -1.43. The Balaban J connectivity index is 1.99. The quantitative estimate of drug-likeness (QED) is 0.808. The molecule has 88 valence electrons. The van der Waals surface area contributed by atoms with Crippen molar-refractivity contribution in [3.05, 3.63) is 11.4 Å². The predicted molar refractivity (Wildman–Crippen MR) is 54.6 cm³/mol. The number of likely N-dealkylation sites (tertiary alicyclic amines) is 1. The molecule has 0 aliphatic carbocycles. The Morgan fingerprint density at radius 3 is 2.81 bits per heavy atom. The van der Waals surface area contributed by atoms with E-state index in [1.807, 2.05) is 13.8 Å². The van der Waals surface area contributed by atoms with E-state index in [4.69, 9.17) is 5.11 Å². The lowest BCUT2D eigenvalue weighted by Gasteiger charge is -2.12. The first-order chi connectivity index (χ1) is 7.58. The number of aryl methyl sites for hydroxylation is 1. The highest BCUT2D eigenvalue weighted by Crippen LogP contribution is 2.24. The van der Waals surface area contributed by atoms with Crippen LogP contribution in [0.25, 0.3) is 0 Å². The summed E-state index contributed by atoms with van der Waals surface area (Å²) in [5.74, 6) is -0.817. The molecule has 1 N–H and O–H groups in total. The molecule has 16 heavy (non-hydrogen) atoms. The van der Waals surface area contributed by atoms with E-state index in [1.165, 1.54) is 0 Å². The van der Waals surface area contributed by atoms with E-state index in [0.717, 1.165) is 17.9 Å². The third-order valence-corrected chi connectivity index (χ3v) is 3.12. The highest BCUT2D eigenvalue weighted by Gasteiger charge is 2.35. The highest BCUT2D eigenvalue weighted by atomic mass is 16.6. The second kappa shape index (κ2) is 4.21. The van der Waals surface area contributed by atoms with Crippen LogP contribution < -0.4 is 0 Å². The van der Waals surface area contributed by atoms with Crippen molar-refractivity contribution in [1.82, 2.24) is 15.2 Å². The van der Waals surface area contributed by atoms with E-state index in [0.29, 0.717) is 13.1 Å². The van der Waals surface area contributed by atoms with Crippen LogP contribution in [-0.4, -0.2) is 39.4 Å². The minimum absolute atomic E-state index is 0.178. The molecular formula is C10H15N3O3. The van der Waals surface area contributed by atoms with Gasteiger partial charge >= 0.3 is 5.97 Å². The Morgan fingerprint density at radius 1 is 1.56 bits per heavy atom. The summed E-state index contributed by atoms with van der Waals surface area (Å²) in [6.07, 6.45) is 0. The van der Waals surface area contributed by atoms with Crippen molar-refractivity contribution in [1.29, 1.82) is 0 Å². The molecule has 0 aromatic carbocycles. The molecule has 1 fully saturated rings. The molecule has 2 heterocycles. The summed E-state index contributed by atoms with van der Waals surface area (Å²) >= 11 is 0. The Kier molecular flexibility index (Phi) is 2.91. The zero-order valence-corrected chi connectivity index (χ0v) is 9.38. The summed E-state index contributed by atoms with van der Waals surface area (Å²) in [6.45, 7) is 5.77. The first-order valence-electron chi connectivity index (χ1n) is 5.31. The van der Waals surface area contributed by atoms with Gasteiger partial charge in [-0.15, -0.1) is 0 Å². The number of aliphatic carboxylic acids is 1. The van der Waals surface area contributed by atoms with Crippen LogP contribution in [0.1, 0.15) is 18.3 Å². The maximum absolute atomic E-state index is 11.0. The number of rotatable bonds is 3. The van der Waals surface area contributed by atoms with Crippen LogP contribution >= 0.6 is 0 Å². The standard InChI is InChI=1S/C10H15N3O3/c1-6-3-13(4-8(6)10(14)15)5-9-7(2)11-16-12-9/h6,8H,3-5H2,1-2H3,(H,14,15)/t6-,8-/m1/s1. The van der Waals surface area contributed by atoms with E-state index in [2.05, 4.69) is 19.8 Å². The lowest BCUT2D eigenvalue weighted by Crippen LogP contribution is -2.23. The number of nitrogens with zero attached hydrogens (tertiary/aromatic N) is 3. The van der Waals surface area contributed by atoms with Crippen molar-refractivity contribution in [2.45, 2.75) is 20.4 Å².